The molecule has 0 spiro atoms. The molecule has 0 aromatic carbocycles. The Balaban J connectivity index is -0.0000000720. The van der Waals surface area contributed by atoms with Crippen molar-refractivity contribution in [3.05, 3.63) is 0 Å². The molecule has 0 aliphatic heterocycles. The first kappa shape index (κ1) is 17.4. The van der Waals surface area contributed by atoms with E-state index in [-0.39, 0.29) is 18.9 Å². The summed E-state index contributed by atoms with van der Waals surface area (Å²) in [5.74, 6) is 0. The average Bonchev–Trinajstić information content (AvgIpc) is 1.25. The zero-order valence-corrected chi connectivity index (χ0v) is 8.96. The fourth-order valence-corrected chi connectivity index (χ4v) is 0. The summed E-state index contributed by atoms with van der Waals surface area (Å²) in [7, 11) is 0. The standard InChI is InChI=1S/2CHCl3.Li/c2*2-1(3)4;/h2*1H;. The Labute approximate surface area is 96.2 Å². The Morgan fingerprint density at radius 1 is 0.556 bits per heavy atom. The Bertz CT molecular complexity index is 26.5. The second-order valence-corrected chi connectivity index (χ2v) is 4.45. The second kappa shape index (κ2) is 13.0. The van der Waals surface area contributed by atoms with E-state index in [9.17, 15) is 0 Å². The van der Waals surface area contributed by atoms with Crippen LogP contribution in [0.15, 0.2) is 0 Å². The normalized spacial score (nSPS) is 8.00. The maximum Gasteiger partial charge on any atom is 0.180 e. The molecular formula is C2H2Cl6Li. The van der Waals surface area contributed by atoms with Gasteiger partial charge in [0.15, 0.2) is 8.59 Å². The van der Waals surface area contributed by atoms with E-state index in [1.807, 2.05) is 0 Å². The maximum atomic E-state index is 4.81. The molecule has 0 amide bonds. The zero-order valence-electron chi connectivity index (χ0n) is 4.42. The molecule has 0 N–H and O–H groups in total. The minimum absolute atomic E-state index is 0. The van der Waals surface area contributed by atoms with E-state index in [4.69, 9.17) is 69.6 Å². The van der Waals surface area contributed by atoms with E-state index in [0.29, 0.717) is 0 Å². The SMILES string of the molecule is ClC(Cl)Cl.ClC(Cl)Cl.[Li]. The molecule has 0 aliphatic rings. The van der Waals surface area contributed by atoms with Crippen molar-refractivity contribution in [3.63, 3.8) is 0 Å². The van der Waals surface area contributed by atoms with E-state index in [1.54, 1.807) is 0 Å². The minimum Gasteiger partial charge on any atom is -0.0874 e. The van der Waals surface area contributed by atoms with Crippen LogP contribution in [-0.4, -0.2) is 27.5 Å². The van der Waals surface area contributed by atoms with Crippen LogP contribution in [0.5, 0.6) is 0 Å². The summed E-state index contributed by atoms with van der Waals surface area (Å²) in [6.45, 7) is 0. The van der Waals surface area contributed by atoms with Crippen molar-refractivity contribution >= 4 is 88.5 Å². The van der Waals surface area contributed by atoms with Gasteiger partial charge < -0.3 is 0 Å². The van der Waals surface area contributed by atoms with Crippen LogP contribution in [0.3, 0.4) is 0 Å². The smallest absolute Gasteiger partial charge is 0.0874 e. The van der Waals surface area contributed by atoms with Crippen molar-refractivity contribution in [3.8, 4) is 0 Å². The van der Waals surface area contributed by atoms with Gasteiger partial charge in [0.05, 0.1) is 0 Å². The molecule has 1 radical (unpaired) electrons. The Hall–Kier alpha value is 2.34. The zero-order chi connectivity index (χ0) is 7.15. The molecule has 0 aromatic heterocycles. The first-order valence-corrected chi connectivity index (χ1v) is 3.93. The van der Waals surface area contributed by atoms with Gasteiger partial charge in [-0.15, -0.1) is 0 Å². The van der Waals surface area contributed by atoms with Crippen LogP contribution in [0.2, 0.25) is 0 Å². The summed E-state index contributed by atoms with van der Waals surface area (Å²) < 4.78 is -1.50. The van der Waals surface area contributed by atoms with E-state index < -0.39 is 8.59 Å². The van der Waals surface area contributed by atoms with E-state index in [2.05, 4.69) is 0 Å². The Morgan fingerprint density at radius 3 is 0.556 bits per heavy atom. The van der Waals surface area contributed by atoms with Crippen LogP contribution in [0.1, 0.15) is 0 Å². The summed E-state index contributed by atoms with van der Waals surface area (Å²) in [6.07, 6.45) is 0. The predicted molar refractivity (Wildman–Crippen MR) is 48.4 cm³/mol. The van der Waals surface area contributed by atoms with Crippen molar-refractivity contribution in [2.24, 2.45) is 0 Å². The molecule has 0 heterocycles. The van der Waals surface area contributed by atoms with E-state index >= 15 is 0 Å². The van der Waals surface area contributed by atoms with Crippen LogP contribution in [-0.2, 0) is 0 Å². The third-order valence-electron chi connectivity index (χ3n) is 0. The topological polar surface area (TPSA) is 0 Å². The summed E-state index contributed by atoms with van der Waals surface area (Å²) in [6, 6.07) is 0. The molecule has 7 heteroatoms. The van der Waals surface area contributed by atoms with Gasteiger partial charge in [-0.1, -0.05) is 69.6 Å². The molecule has 0 aromatic rings. The largest absolute Gasteiger partial charge is 0.180 e. The minimum atomic E-state index is -0.750. The van der Waals surface area contributed by atoms with Gasteiger partial charge in [-0.3, -0.25) is 0 Å². The molecule has 0 atom stereocenters. The maximum absolute atomic E-state index is 4.81. The van der Waals surface area contributed by atoms with Gasteiger partial charge in [0.2, 0.25) is 0 Å². The molecule has 0 saturated heterocycles. The Kier molecular flexibility index (Phi) is 25.1. The molecule has 0 saturated carbocycles. The summed E-state index contributed by atoms with van der Waals surface area (Å²) in [5.41, 5.74) is 0. The molecule has 0 unspecified atom stereocenters. The third-order valence-corrected chi connectivity index (χ3v) is 0. The number of hydrogen-bond donors (Lipinski definition) is 0. The molecule has 0 fully saturated rings. The molecule has 0 aliphatic carbocycles. The third kappa shape index (κ3) is 132. The predicted octanol–water partition coefficient (Wildman–Crippen LogP) is 3.59. The van der Waals surface area contributed by atoms with Crippen molar-refractivity contribution in [2.75, 3.05) is 0 Å². The van der Waals surface area contributed by atoms with Crippen molar-refractivity contribution < 1.29 is 0 Å². The van der Waals surface area contributed by atoms with Crippen molar-refractivity contribution in [2.45, 2.75) is 8.59 Å². The van der Waals surface area contributed by atoms with Crippen molar-refractivity contribution in [1.82, 2.24) is 0 Å². The number of hydrogen-bond acceptors (Lipinski definition) is 0. The quantitative estimate of drug-likeness (QED) is 0.452. The fourth-order valence-electron chi connectivity index (χ4n) is 0. The van der Waals surface area contributed by atoms with Gasteiger partial charge >= 0.3 is 0 Å². The number of halogens is 6. The molecule has 53 valence electrons. The summed E-state index contributed by atoms with van der Waals surface area (Å²) in [5, 5.41) is 0. The van der Waals surface area contributed by atoms with Gasteiger partial charge in [0.25, 0.3) is 0 Å². The van der Waals surface area contributed by atoms with E-state index in [1.165, 1.54) is 0 Å². The van der Waals surface area contributed by atoms with Crippen LogP contribution in [0.25, 0.3) is 0 Å². The van der Waals surface area contributed by atoms with Crippen LogP contribution >= 0.6 is 69.6 Å². The van der Waals surface area contributed by atoms with Gasteiger partial charge in [0.1, 0.15) is 0 Å². The van der Waals surface area contributed by atoms with Gasteiger partial charge in [-0.2, -0.15) is 0 Å². The monoisotopic (exact) mass is 243 g/mol. The summed E-state index contributed by atoms with van der Waals surface area (Å²) in [4.78, 5) is 0. The molecule has 9 heavy (non-hydrogen) atoms. The van der Waals surface area contributed by atoms with Crippen LogP contribution < -0.4 is 0 Å². The fraction of sp³-hybridized carbons (Fsp3) is 1.00. The van der Waals surface area contributed by atoms with Gasteiger partial charge in [0, 0.05) is 18.9 Å². The van der Waals surface area contributed by atoms with Gasteiger partial charge in [-0.25, -0.2) is 0 Å². The Morgan fingerprint density at radius 2 is 0.556 bits per heavy atom. The van der Waals surface area contributed by atoms with Crippen LogP contribution in [0.4, 0.5) is 0 Å². The summed E-state index contributed by atoms with van der Waals surface area (Å²) >= 11 is 28.8. The average molecular weight is 246 g/mol. The molecular weight excluding hydrogens is 244 g/mol. The molecule has 0 nitrogen and oxygen atoms in total. The molecule has 0 bridgehead atoms. The van der Waals surface area contributed by atoms with Crippen molar-refractivity contribution in [1.29, 1.82) is 0 Å². The first-order valence-electron chi connectivity index (χ1n) is 1.31. The number of rotatable bonds is 0. The molecule has 0 rings (SSSR count). The first-order chi connectivity index (χ1) is 3.46. The van der Waals surface area contributed by atoms with Gasteiger partial charge in [-0.05, 0) is 0 Å². The number of alkyl halides is 6. The van der Waals surface area contributed by atoms with Crippen LogP contribution in [0, 0.1) is 0 Å². The second-order valence-electron chi connectivity index (χ2n) is 0.495. The van der Waals surface area contributed by atoms with E-state index in [0.717, 1.165) is 0 Å².